The third-order valence-electron chi connectivity index (χ3n) is 3.25. The molecule has 0 unspecified atom stereocenters. The molecule has 3 saturated carbocycles. The predicted molar refractivity (Wildman–Crippen MR) is 58.9 cm³/mol. The molecule has 2 N–H and O–H groups in total. The molecule has 0 aliphatic heterocycles. The Labute approximate surface area is 99.2 Å². The number of hydrogen-bond acceptors (Lipinski definition) is 3. The van der Waals surface area contributed by atoms with Crippen LogP contribution < -0.4 is 5.73 Å². The van der Waals surface area contributed by atoms with Gasteiger partial charge in [0.1, 0.15) is 11.0 Å². The second kappa shape index (κ2) is 2.63. The smallest absolute Gasteiger partial charge is 0.315 e. The van der Waals surface area contributed by atoms with E-state index in [1.807, 2.05) is 20.8 Å². The Bertz CT molecular complexity index is 327. The molecule has 3 aliphatic carbocycles. The lowest BCUT2D eigenvalue weighted by Gasteiger charge is -2.74. The van der Waals surface area contributed by atoms with Gasteiger partial charge in [-0.3, -0.25) is 4.79 Å². The molecular formula is C10H15Cl2NO2. The number of alkyl halides is 2. The monoisotopic (exact) mass is 251 g/mol. The van der Waals surface area contributed by atoms with Crippen molar-refractivity contribution in [3.8, 4) is 0 Å². The van der Waals surface area contributed by atoms with Crippen LogP contribution in [0.5, 0.6) is 0 Å². The Morgan fingerprint density at radius 3 is 2.07 bits per heavy atom. The predicted octanol–water partition coefficient (Wildman–Crippen LogP) is 1.99. The molecule has 0 heterocycles. The molecule has 3 fully saturated rings. The van der Waals surface area contributed by atoms with Crippen molar-refractivity contribution in [2.24, 2.45) is 11.1 Å². The summed E-state index contributed by atoms with van der Waals surface area (Å²) < 4.78 is 4.15. The summed E-state index contributed by atoms with van der Waals surface area (Å²) in [4.78, 5) is 11.9. The normalized spacial score (nSPS) is 41.5. The average molecular weight is 252 g/mol. The second-order valence-electron chi connectivity index (χ2n) is 5.67. The van der Waals surface area contributed by atoms with Crippen LogP contribution in [0.15, 0.2) is 0 Å². The molecule has 5 heteroatoms. The zero-order valence-electron chi connectivity index (χ0n) is 9.06. The van der Waals surface area contributed by atoms with E-state index in [-0.39, 0.29) is 5.97 Å². The highest BCUT2D eigenvalue weighted by atomic mass is 35.5. The van der Waals surface area contributed by atoms with E-state index in [1.165, 1.54) is 0 Å². The molecule has 0 aromatic rings. The summed E-state index contributed by atoms with van der Waals surface area (Å²) in [5.41, 5.74) is 4.01. The highest BCUT2D eigenvalue weighted by Gasteiger charge is 2.87. The number of hydrogen-bond donors (Lipinski definition) is 1. The van der Waals surface area contributed by atoms with Gasteiger partial charge in [0, 0.05) is 0 Å². The lowest BCUT2D eigenvalue weighted by atomic mass is 9.38. The quantitative estimate of drug-likeness (QED) is 0.573. The van der Waals surface area contributed by atoms with Crippen LogP contribution >= 0.6 is 23.2 Å². The van der Waals surface area contributed by atoms with Crippen molar-refractivity contribution >= 4 is 29.2 Å². The third kappa shape index (κ3) is 1.20. The fraction of sp³-hybridized carbons (Fsp3) is 0.900. The van der Waals surface area contributed by atoms with Gasteiger partial charge in [0.15, 0.2) is 4.33 Å². The van der Waals surface area contributed by atoms with Gasteiger partial charge in [-0.1, -0.05) is 23.2 Å². The molecule has 0 radical (unpaired) electrons. The van der Waals surface area contributed by atoms with Crippen molar-refractivity contribution in [1.29, 1.82) is 0 Å². The van der Waals surface area contributed by atoms with Crippen molar-refractivity contribution in [3.05, 3.63) is 0 Å². The van der Waals surface area contributed by atoms with Crippen LogP contribution in [0.25, 0.3) is 0 Å². The molecule has 0 aromatic carbocycles. The molecule has 3 aliphatic rings. The highest BCUT2D eigenvalue weighted by Crippen LogP contribution is 2.77. The Balaban J connectivity index is 2.12. The van der Waals surface area contributed by atoms with Crippen LogP contribution in [0.3, 0.4) is 0 Å². The fourth-order valence-corrected chi connectivity index (χ4v) is 3.07. The SMILES string of the molecule is CC(C)(C)OC(=O)C12CC(N)(C1)C2(Cl)Cl. The lowest BCUT2D eigenvalue weighted by molar-refractivity contribution is -0.212. The van der Waals surface area contributed by atoms with Crippen molar-refractivity contribution in [2.75, 3.05) is 0 Å². The van der Waals surface area contributed by atoms with E-state index < -0.39 is 20.9 Å². The van der Waals surface area contributed by atoms with E-state index in [1.54, 1.807) is 0 Å². The summed E-state index contributed by atoms with van der Waals surface area (Å²) in [6, 6.07) is 0. The number of ether oxygens (including phenoxy) is 1. The van der Waals surface area contributed by atoms with E-state index >= 15 is 0 Å². The average Bonchev–Trinajstić information content (AvgIpc) is 1.95. The first-order valence-corrected chi connectivity index (χ1v) is 5.70. The maximum absolute atomic E-state index is 11.9. The summed E-state index contributed by atoms with van der Waals surface area (Å²) in [7, 11) is 0. The van der Waals surface area contributed by atoms with Gasteiger partial charge in [0.25, 0.3) is 0 Å². The number of nitrogens with two attached hydrogens (primary N) is 1. The van der Waals surface area contributed by atoms with E-state index in [9.17, 15) is 4.79 Å². The second-order valence-corrected chi connectivity index (χ2v) is 7.00. The molecule has 0 amide bonds. The number of halogens is 2. The summed E-state index contributed by atoms with van der Waals surface area (Å²) in [5, 5.41) is 0. The zero-order valence-corrected chi connectivity index (χ0v) is 10.6. The molecule has 15 heavy (non-hydrogen) atoms. The molecule has 2 bridgehead atoms. The van der Waals surface area contributed by atoms with Gasteiger partial charge < -0.3 is 10.5 Å². The Morgan fingerprint density at radius 1 is 1.33 bits per heavy atom. The number of carbonyl (C=O) groups is 1. The van der Waals surface area contributed by atoms with Gasteiger partial charge in [-0.2, -0.15) is 0 Å². The van der Waals surface area contributed by atoms with Gasteiger partial charge in [-0.25, -0.2) is 0 Å². The Hall–Kier alpha value is 0.01000. The van der Waals surface area contributed by atoms with E-state index in [0.717, 1.165) is 0 Å². The molecule has 3 rings (SSSR count). The number of rotatable bonds is 1. The summed E-state index contributed by atoms with van der Waals surface area (Å²) in [5.74, 6) is -0.327. The van der Waals surface area contributed by atoms with Crippen LogP contribution in [0, 0.1) is 5.41 Å². The Kier molecular flexibility index (Phi) is 2.02. The number of esters is 1. The summed E-state index contributed by atoms with van der Waals surface area (Å²) in [6.45, 7) is 5.45. The van der Waals surface area contributed by atoms with Crippen molar-refractivity contribution < 1.29 is 9.53 Å². The molecule has 0 spiro atoms. The van der Waals surface area contributed by atoms with Gasteiger partial charge in [0.05, 0.1) is 5.54 Å². The molecular weight excluding hydrogens is 237 g/mol. The maximum Gasteiger partial charge on any atom is 0.315 e. The molecule has 0 saturated heterocycles. The first-order valence-electron chi connectivity index (χ1n) is 4.94. The molecule has 0 aromatic heterocycles. The van der Waals surface area contributed by atoms with Crippen molar-refractivity contribution in [2.45, 2.75) is 49.1 Å². The van der Waals surface area contributed by atoms with Gasteiger partial charge in [-0.05, 0) is 33.6 Å². The molecule has 0 atom stereocenters. The minimum Gasteiger partial charge on any atom is -0.459 e. The summed E-state index contributed by atoms with van der Waals surface area (Å²) >= 11 is 12.1. The standard InChI is InChI=1S/C10H15Cl2NO2/c1-7(2,3)15-6(14)8-4-9(13,5-8)10(8,11)12/h4-5,13H2,1-3H3. The van der Waals surface area contributed by atoms with Gasteiger partial charge in [0.2, 0.25) is 0 Å². The Morgan fingerprint density at radius 2 is 1.80 bits per heavy atom. The largest absolute Gasteiger partial charge is 0.459 e. The fourth-order valence-electron chi connectivity index (χ4n) is 2.38. The maximum atomic E-state index is 11.9. The third-order valence-corrected chi connectivity index (χ3v) is 4.73. The topological polar surface area (TPSA) is 52.3 Å². The van der Waals surface area contributed by atoms with E-state index in [4.69, 9.17) is 33.7 Å². The lowest BCUT2D eigenvalue weighted by Crippen LogP contribution is -2.89. The minimum atomic E-state index is -1.15. The van der Waals surface area contributed by atoms with Crippen LogP contribution in [-0.4, -0.2) is 21.4 Å². The van der Waals surface area contributed by atoms with Crippen LogP contribution in [0.1, 0.15) is 33.6 Å². The number of carbonyl (C=O) groups excluding carboxylic acids is 1. The first kappa shape index (κ1) is 11.5. The van der Waals surface area contributed by atoms with E-state index in [2.05, 4.69) is 0 Å². The van der Waals surface area contributed by atoms with Crippen LogP contribution in [-0.2, 0) is 9.53 Å². The molecule has 86 valence electrons. The summed E-state index contributed by atoms with van der Waals surface area (Å²) in [6.07, 6.45) is 1.06. The van der Waals surface area contributed by atoms with Crippen molar-refractivity contribution in [3.63, 3.8) is 0 Å². The van der Waals surface area contributed by atoms with Crippen molar-refractivity contribution in [1.82, 2.24) is 0 Å². The molecule has 3 nitrogen and oxygen atoms in total. The van der Waals surface area contributed by atoms with Crippen LogP contribution in [0.4, 0.5) is 0 Å². The van der Waals surface area contributed by atoms with Gasteiger partial charge in [-0.15, -0.1) is 0 Å². The minimum absolute atomic E-state index is 0.327. The first-order chi connectivity index (χ1) is 6.54. The van der Waals surface area contributed by atoms with Gasteiger partial charge >= 0.3 is 5.97 Å². The highest BCUT2D eigenvalue weighted by molar-refractivity contribution is 6.53. The zero-order chi connectivity index (χ0) is 11.7. The van der Waals surface area contributed by atoms with E-state index in [0.29, 0.717) is 12.8 Å². The van der Waals surface area contributed by atoms with Crippen LogP contribution in [0.2, 0.25) is 0 Å².